The van der Waals surface area contributed by atoms with E-state index in [4.69, 9.17) is 5.11 Å². The number of rotatable bonds is 5. The lowest BCUT2D eigenvalue weighted by Crippen LogP contribution is -2.26. The SMILES string of the molecule is Cc1ccc(C(=O)NCCO)cc1NC(=O)c1ccccc1F. The van der Waals surface area contributed by atoms with Crippen LogP contribution in [0.3, 0.4) is 0 Å². The molecule has 0 unspecified atom stereocenters. The highest BCUT2D eigenvalue weighted by molar-refractivity contribution is 6.05. The lowest BCUT2D eigenvalue weighted by molar-refractivity contribution is 0.0943. The van der Waals surface area contributed by atoms with Crippen molar-refractivity contribution in [2.45, 2.75) is 6.92 Å². The first-order valence-electron chi connectivity index (χ1n) is 7.08. The molecule has 0 aliphatic carbocycles. The van der Waals surface area contributed by atoms with Gasteiger partial charge in [-0.1, -0.05) is 18.2 Å². The molecule has 6 heteroatoms. The van der Waals surface area contributed by atoms with Gasteiger partial charge in [0, 0.05) is 17.8 Å². The first-order valence-corrected chi connectivity index (χ1v) is 7.08. The van der Waals surface area contributed by atoms with Gasteiger partial charge in [-0.15, -0.1) is 0 Å². The Hall–Kier alpha value is -2.73. The summed E-state index contributed by atoms with van der Waals surface area (Å²) in [5, 5.41) is 13.9. The Morgan fingerprint density at radius 3 is 2.57 bits per heavy atom. The summed E-state index contributed by atoms with van der Waals surface area (Å²) in [5.74, 6) is -1.56. The maximum absolute atomic E-state index is 13.6. The molecule has 2 rings (SSSR count). The van der Waals surface area contributed by atoms with E-state index in [0.29, 0.717) is 11.3 Å². The third kappa shape index (κ3) is 4.14. The number of hydrogen-bond donors (Lipinski definition) is 3. The van der Waals surface area contributed by atoms with Crippen LogP contribution in [0.25, 0.3) is 0 Å². The molecule has 0 atom stereocenters. The normalized spacial score (nSPS) is 10.2. The van der Waals surface area contributed by atoms with E-state index in [1.165, 1.54) is 24.3 Å². The van der Waals surface area contributed by atoms with Gasteiger partial charge in [0.15, 0.2) is 0 Å². The van der Waals surface area contributed by atoms with Crippen LogP contribution in [0.1, 0.15) is 26.3 Å². The van der Waals surface area contributed by atoms with Gasteiger partial charge in [-0.2, -0.15) is 0 Å². The minimum Gasteiger partial charge on any atom is -0.395 e. The van der Waals surface area contributed by atoms with E-state index in [1.54, 1.807) is 25.1 Å². The van der Waals surface area contributed by atoms with Crippen molar-refractivity contribution in [3.63, 3.8) is 0 Å². The van der Waals surface area contributed by atoms with E-state index in [9.17, 15) is 14.0 Å². The molecular formula is C17H17FN2O3. The molecule has 120 valence electrons. The number of carbonyl (C=O) groups excluding carboxylic acids is 2. The van der Waals surface area contributed by atoms with E-state index >= 15 is 0 Å². The van der Waals surface area contributed by atoms with Gasteiger partial charge in [0.05, 0.1) is 12.2 Å². The second kappa shape index (κ2) is 7.51. The van der Waals surface area contributed by atoms with Crippen LogP contribution in [-0.2, 0) is 0 Å². The fourth-order valence-corrected chi connectivity index (χ4v) is 2.00. The molecule has 0 spiro atoms. The maximum atomic E-state index is 13.6. The second-order valence-corrected chi connectivity index (χ2v) is 4.94. The van der Waals surface area contributed by atoms with E-state index in [0.717, 1.165) is 5.56 Å². The lowest BCUT2D eigenvalue weighted by atomic mass is 10.1. The molecule has 23 heavy (non-hydrogen) atoms. The lowest BCUT2D eigenvalue weighted by Gasteiger charge is -2.11. The van der Waals surface area contributed by atoms with Crippen molar-refractivity contribution in [2.24, 2.45) is 0 Å². The van der Waals surface area contributed by atoms with Crippen molar-refractivity contribution < 1.29 is 19.1 Å². The van der Waals surface area contributed by atoms with Crippen LogP contribution in [0, 0.1) is 12.7 Å². The maximum Gasteiger partial charge on any atom is 0.258 e. The van der Waals surface area contributed by atoms with Crippen molar-refractivity contribution in [2.75, 3.05) is 18.5 Å². The van der Waals surface area contributed by atoms with Crippen LogP contribution < -0.4 is 10.6 Å². The average molecular weight is 316 g/mol. The number of nitrogens with one attached hydrogen (secondary N) is 2. The van der Waals surface area contributed by atoms with E-state index in [1.807, 2.05) is 0 Å². The molecule has 2 aromatic carbocycles. The molecule has 2 amide bonds. The van der Waals surface area contributed by atoms with Crippen molar-refractivity contribution in [3.8, 4) is 0 Å². The summed E-state index contributed by atoms with van der Waals surface area (Å²) in [6.45, 7) is 1.75. The zero-order chi connectivity index (χ0) is 16.8. The van der Waals surface area contributed by atoms with E-state index in [2.05, 4.69) is 10.6 Å². The molecule has 2 aromatic rings. The Morgan fingerprint density at radius 2 is 1.87 bits per heavy atom. The number of benzene rings is 2. The van der Waals surface area contributed by atoms with E-state index < -0.39 is 11.7 Å². The Labute approximate surface area is 133 Å². The number of halogens is 1. The summed E-state index contributed by atoms with van der Waals surface area (Å²) in [7, 11) is 0. The smallest absolute Gasteiger partial charge is 0.258 e. The molecule has 0 saturated heterocycles. The summed E-state index contributed by atoms with van der Waals surface area (Å²) in [5.41, 5.74) is 1.44. The van der Waals surface area contributed by atoms with Crippen molar-refractivity contribution in [1.82, 2.24) is 5.32 Å². The van der Waals surface area contributed by atoms with Gasteiger partial charge < -0.3 is 15.7 Å². The first kappa shape index (κ1) is 16.6. The van der Waals surface area contributed by atoms with Gasteiger partial charge in [-0.3, -0.25) is 9.59 Å². The van der Waals surface area contributed by atoms with Crippen LogP contribution in [0.2, 0.25) is 0 Å². The highest BCUT2D eigenvalue weighted by Crippen LogP contribution is 2.19. The molecular weight excluding hydrogens is 299 g/mol. The molecule has 0 fully saturated rings. The quantitative estimate of drug-likeness (QED) is 0.790. The highest BCUT2D eigenvalue weighted by Gasteiger charge is 2.13. The van der Waals surface area contributed by atoms with Crippen LogP contribution in [-0.4, -0.2) is 30.1 Å². The molecule has 0 aromatic heterocycles. The number of aryl methyl sites for hydroxylation is 1. The van der Waals surface area contributed by atoms with Crippen molar-refractivity contribution in [3.05, 3.63) is 65.0 Å². The molecule has 0 heterocycles. The largest absolute Gasteiger partial charge is 0.395 e. The number of aliphatic hydroxyl groups is 1. The molecule has 3 N–H and O–H groups in total. The Morgan fingerprint density at radius 1 is 1.13 bits per heavy atom. The van der Waals surface area contributed by atoms with Crippen LogP contribution in [0.4, 0.5) is 10.1 Å². The van der Waals surface area contributed by atoms with Gasteiger partial charge >= 0.3 is 0 Å². The summed E-state index contributed by atoms with van der Waals surface area (Å²) < 4.78 is 13.6. The zero-order valence-corrected chi connectivity index (χ0v) is 12.6. The summed E-state index contributed by atoms with van der Waals surface area (Å²) in [6, 6.07) is 10.5. The molecule has 0 bridgehead atoms. The Balaban J connectivity index is 2.21. The molecule has 0 aliphatic heterocycles. The molecule has 0 aliphatic rings. The highest BCUT2D eigenvalue weighted by atomic mass is 19.1. The molecule has 0 saturated carbocycles. The van der Waals surface area contributed by atoms with Gasteiger partial charge in [0.2, 0.25) is 0 Å². The van der Waals surface area contributed by atoms with Crippen molar-refractivity contribution >= 4 is 17.5 Å². The van der Waals surface area contributed by atoms with Gasteiger partial charge in [0.1, 0.15) is 5.82 Å². The summed E-state index contributed by atoms with van der Waals surface area (Å²) in [4.78, 5) is 24.0. The summed E-state index contributed by atoms with van der Waals surface area (Å²) >= 11 is 0. The average Bonchev–Trinajstić information content (AvgIpc) is 2.55. The predicted octanol–water partition coefficient (Wildman–Crippen LogP) is 2.11. The molecule has 0 radical (unpaired) electrons. The van der Waals surface area contributed by atoms with Crippen LogP contribution >= 0.6 is 0 Å². The monoisotopic (exact) mass is 316 g/mol. The zero-order valence-electron chi connectivity index (χ0n) is 12.6. The fourth-order valence-electron chi connectivity index (χ4n) is 2.00. The number of carbonyl (C=O) groups is 2. The number of amides is 2. The summed E-state index contributed by atoms with van der Waals surface area (Å²) in [6.07, 6.45) is 0. The minimum atomic E-state index is -0.612. The Kier molecular flexibility index (Phi) is 5.43. The fraction of sp³-hybridized carbons (Fsp3) is 0.176. The number of aliphatic hydroxyl groups excluding tert-OH is 1. The second-order valence-electron chi connectivity index (χ2n) is 4.94. The number of hydrogen-bond acceptors (Lipinski definition) is 3. The predicted molar refractivity (Wildman–Crippen MR) is 85.0 cm³/mol. The molecule has 5 nitrogen and oxygen atoms in total. The van der Waals surface area contributed by atoms with Gasteiger partial charge in [-0.25, -0.2) is 4.39 Å². The third-order valence-corrected chi connectivity index (χ3v) is 3.26. The van der Waals surface area contributed by atoms with Gasteiger partial charge in [-0.05, 0) is 36.8 Å². The topological polar surface area (TPSA) is 78.4 Å². The number of anilines is 1. The minimum absolute atomic E-state index is 0.0676. The van der Waals surface area contributed by atoms with Crippen molar-refractivity contribution in [1.29, 1.82) is 0 Å². The van der Waals surface area contributed by atoms with E-state index in [-0.39, 0.29) is 24.6 Å². The van der Waals surface area contributed by atoms with Crippen LogP contribution in [0.15, 0.2) is 42.5 Å². The Bertz CT molecular complexity index is 732. The first-order chi connectivity index (χ1) is 11.0. The van der Waals surface area contributed by atoms with Crippen LogP contribution in [0.5, 0.6) is 0 Å². The standard InChI is InChI=1S/C17H17FN2O3/c1-11-6-7-12(16(22)19-8-9-21)10-15(11)20-17(23)13-4-2-3-5-14(13)18/h2-7,10,21H,8-9H2,1H3,(H,19,22)(H,20,23). The van der Waals surface area contributed by atoms with Gasteiger partial charge in [0.25, 0.3) is 11.8 Å². The third-order valence-electron chi connectivity index (χ3n) is 3.26.